The van der Waals surface area contributed by atoms with E-state index in [9.17, 15) is 0 Å². The van der Waals surface area contributed by atoms with Gasteiger partial charge in [-0.3, -0.25) is 0 Å². The highest BCUT2D eigenvalue weighted by atomic mass is 14.2. The molecule has 0 fully saturated rings. The van der Waals surface area contributed by atoms with Crippen LogP contribution in [0.15, 0.2) is 59.8 Å². The van der Waals surface area contributed by atoms with Gasteiger partial charge in [-0.2, -0.15) is 0 Å². The van der Waals surface area contributed by atoms with Crippen LogP contribution in [0.2, 0.25) is 0 Å². The normalized spacial score (nSPS) is 23.3. The van der Waals surface area contributed by atoms with Gasteiger partial charge in [0.05, 0.1) is 0 Å². The fourth-order valence-electron chi connectivity index (χ4n) is 2.77. The van der Waals surface area contributed by atoms with E-state index in [1.165, 1.54) is 37.7 Å². The van der Waals surface area contributed by atoms with Gasteiger partial charge in [0, 0.05) is 0 Å². The lowest BCUT2D eigenvalue weighted by atomic mass is 9.84. The quantitative estimate of drug-likeness (QED) is 0.607. The third-order valence-electron chi connectivity index (χ3n) is 3.80. The molecule has 2 aliphatic carbocycles. The van der Waals surface area contributed by atoms with Gasteiger partial charge in [0.15, 0.2) is 0 Å². The van der Waals surface area contributed by atoms with Crippen LogP contribution in [0.1, 0.15) is 45.4 Å². The van der Waals surface area contributed by atoms with Crippen LogP contribution in [0.4, 0.5) is 0 Å². The van der Waals surface area contributed by atoms with Gasteiger partial charge in [-0.25, -0.2) is 0 Å². The summed E-state index contributed by atoms with van der Waals surface area (Å²) >= 11 is 0. The Morgan fingerprint density at radius 2 is 2.00 bits per heavy atom. The molecule has 0 aromatic carbocycles. The SMILES string of the molecule is CCCCC1CCC=CC=C1C1=CC=CC=CC1. The average Bonchev–Trinajstić information content (AvgIpc) is 2.78. The molecule has 2 aliphatic rings. The summed E-state index contributed by atoms with van der Waals surface area (Å²) in [4.78, 5) is 0. The van der Waals surface area contributed by atoms with Crippen molar-refractivity contribution in [3.63, 3.8) is 0 Å². The first-order valence-electron chi connectivity index (χ1n) is 7.31. The molecule has 0 heteroatoms. The molecule has 0 bridgehead atoms. The minimum absolute atomic E-state index is 0.756. The van der Waals surface area contributed by atoms with Crippen LogP contribution >= 0.6 is 0 Å². The zero-order valence-corrected chi connectivity index (χ0v) is 11.4. The van der Waals surface area contributed by atoms with Gasteiger partial charge in [0.1, 0.15) is 0 Å². The second-order valence-electron chi connectivity index (χ2n) is 5.18. The van der Waals surface area contributed by atoms with Crippen molar-refractivity contribution in [3.8, 4) is 0 Å². The summed E-state index contributed by atoms with van der Waals surface area (Å²) in [5, 5.41) is 0. The number of rotatable bonds is 4. The molecule has 0 aliphatic heterocycles. The molecular formula is C18H24. The van der Waals surface area contributed by atoms with Crippen LogP contribution in [0.5, 0.6) is 0 Å². The van der Waals surface area contributed by atoms with Gasteiger partial charge < -0.3 is 0 Å². The number of hydrogen-bond donors (Lipinski definition) is 0. The molecule has 0 N–H and O–H groups in total. The maximum atomic E-state index is 2.35. The molecule has 0 saturated heterocycles. The lowest BCUT2D eigenvalue weighted by Gasteiger charge is -2.20. The summed E-state index contributed by atoms with van der Waals surface area (Å²) in [7, 11) is 0. The molecule has 0 aromatic rings. The van der Waals surface area contributed by atoms with Crippen LogP contribution in [0.3, 0.4) is 0 Å². The second-order valence-corrected chi connectivity index (χ2v) is 5.18. The van der Waals surface area contributed by atoms with Gasteiger partial charge in [0.25, 0.3) is 0 Å². The van der Waals surface area contributed by atoms with Crippen LogP contribution in [-0.4, -0.2) is 0 Å². The summed E-state index contributed by atoms with van der Waals surface area (Å²) in [6.07, 6.45) is 25.5. The van der Waals surface area contributed by atoms with E-state index in [1.54, 1.807) is 5.57 Å². The second kappa shape index (κ2) is 7.20. The predicted molar refractivity (Wildman–Crippen MR) is 80.5 cm³/mol. The molecule has 0 amide bonds. The van der Waals surface area contributed by atoms with E-state index in [1.807, 2.05) is 0 Å². The highest BCUT2D eigenvalue weighted by molar-refractivity contribution is 5.41. The molecule has 0 radical (unpaired) electrons. The lowest BCUT2D eigenvalue weighted by Crippen LogP contribution is -2.06. The van der Waals surface area contributed by atoms with Crippen molar-refractivity contribution in [2.45, 2.75) is 45.4 Å². The number of unbranched alkanes of at least 4 members (excludes halogenated alkanes) is 1. The van der Waals surface area contributed by atoms with E-state index >= 15 is 0 Å². The van der Waals surface area contributed by atoms with E-state index in [2.05, 4.69) is 55.5 Å². The smallest absolute Gasteiger partial charge is 0.00915 e. The lowest BCUT2D eigenvalue weighted by molar-refractivity contribution is 0.503. The average molecular weight is 240 g/mol. The summed E-state index contributed by atoms with van der Waals surface area (Å²) in [5.74, 6) is 0.756. The Bertz CT molecular complexity index is 402. The first-order chi connectivity index (χ1) is 8.92. The van der Waals surface area contributed by atoms with E-state index in [0.717, 1.165) is 12.3 Å². The predicted octanol–water partition coefficient (Wildman–Crippen LogP) is 5.51. The van der Waals surface area contributed by atoms with Crippen molar-refractivity contribution in [1.82, 2.24) is 0 Å². The van der Waals surface area contributed by atoms with Gasteiger partial charge in [0.2, 0.25) is 0 Å². The van der Waals surface area contributed by atoms with Gasteiger partial charge in [-0.1, -0.05) is 68.4 Å². The van der Waals surface area contributed by atoms with Crippen LogP contribution in [0.25, 0.3) is 0 Å². The zero-order valence-electron chi connectivity index (χ0n) is 11.4. The van der Waals surface area contributed by atoms with Crippen LogP contribution < -0.4 is 0 Å². The molecule has 18 heavy (non-hydrogen) atoms. The molecule has 1 unspecified atom stereocenters. The van der Waals surface area contributed by atoms with Crippen molar-refractivity contribution in [2.75, 3.05) is 0 Å². The van der Waals surface area contributed by atoms with Gasteiger partial charge in [-0.05, 0) is 42.7 Å². The summed E-state index contributed by atoms with van der Waals surface area (Å²) in [6.45, 7) is 2.29. The van der Waals surface area contributed by atoms with E-state index in [4.69, 9.17) is 0 Å². The molecule has 1 atom stereocenters. The maximum Gasteiger partial charge on any atom is -0.00915 e. The molecule has 96 valence electrons. The maximum absolute atomic E-state index is 2.35. The van der Waals surface area contributed by atoms with E-state index in [-0.39, 0.29) is 0 Å². The third-order valence-corrected chi connectivity index (χ3v) is 3.80. The standard InChI is InChI=1S/C18H24/c1-2-3-11-16-14-9-6-10-15-18(16)17-12-7-4-5-8-13-17/h4-8,10,12,15-16H,2-3,9,11,13-14H2,1H3. The Kier molecular flexibility index (Phi) is 5.26. The first kappa shape index (κ1) is 13.1. The molecule has 0 nitrogen and oxygen atoms in total. The van der Waals surface area contributed by atoms with Gasteiger partial charge in [-0.15, -0.1) is 0 Å². The van der Waals surface area contributed by atoms with Crippen LogP contribution in [-0.2, 0) is 0 Å². The summed E-state index contributed by atoms with van der Waals surface area (Å²) in [6, 6.07) is 0. The minimum Gasteiger partial charge on any atom is -0.0845 e. The molecular weight excluding hydrogens is 216 g/mol. The van der Waals surface area contributed by atoms with Crippen LogP contribution in [0, 0.1) is 5.92 Å². The fraction of sp³-hybridized carbons (Fsp3) is 0.444. The Morgan fingerprint density at radius 1 is 1.06 bits per heavy atom. The Balaban J connectivity index is 2.16. The first-order valence-corrected chi connectivity index (χ1v) is 7.31. The Hall–Kier alpha value is -1.30. The Morgan fingerprint density at radius 3 is 2.89 bits per heavy atom. The fourth-order valence-corrected chi connectivity index (χ4v) is 2.77. The molecule has 0 aromatic heterocycles. The monoisotopic (exact) mass is 240 g/mol. The van der Waals surface area contributed by atoms with Crippen molar-refractivity contribution in [1.29, 1.82) is 0 Å². The summed E-state index contributed by atoms with van der Waals surface area (Å²) in [5.41, 5.74) is 3.08. The molecule has 0 saturated carbocycles. The number of allylic oxidation sites excluding steroid dienone is 10. The zero-order chi connectivity index (χ0) is 12.6. The molecule has 0 spiro atoms. The van der Waals surface area contributed by atoms with E-state index in [0.29, 0.717) is 0 Å². The molecule has 2 rings (SSSR count). The topological polar surface area (TPSA) is 0 Å². The minimum atomic E-state index is 0.756. The number of hydrogen-bond acceptors (Lipinski definition) is 0. The third kappa shape index (κ3) is 3.60. The molecule has 0 heterocycles. The van der Waals surface area contributed by atoms with Gasteiger partial charge >= 0.3 is 0 Å². The van der Waals surface area contributed by atoms with E-state index < -0.39 is 0 Å². The summed E-state index contributed by atoms with van der Waals surface area (Å²) < 4.78 is 0. The van der Waals surface area contributed by atoms with Crippen molar-refractivity contribution >= 4 is 0 Å². The Labute approximate surface area is 111 Å². The highest BCUT2D eigenvalue weighted by Gasteiger charge is 2.17. The van der Waals surface area contributed by atoms with Crippen molar-refractivity contribution < 1.29 is 0 Å². The largest absolute Gasteiger partial charge is 0.0845 e. The van der Waals surface area contributed by atoms with Crippen molar-refractivity contribution in [3.05, 3.63) is 59.8 Å². The highest BCUT2D eigenvalue weighted by Crippen LogP contribution is 2.33. The van der Waals surface area contributed by atoms with Crippen molar-refractivity contribution in [2.24, 2.45) is 5.92 Å².